The van der Waals surface area contributed by atoms with E-state index in [4.69, 9.17) is 11.6 Å². The molecule has 13 heavy (non-hydrogen) atoms. The molecule has 1 unspecified atom stereocenters. The molecule has 0 aromatic carbocycles. The molecule has 0 aromatic heterocycles. The first-order valence-electron chi connectivity index (χ1n) is 3.81. The average molecular weight is 205 g/mol. The molecule has 0 aliphatic heterocycles. The lowest BCUT2D eigenvalue weighted by Gasteiger charge is -2.11. The van der Waals surface area contributed by atoms with E-state index in [0.29, 0.717) is 5.03 Å². The molecule has 0 spiro atoms. The fourth-order valence-corrected chi connectivity index (χ4v) is 0.773. The van der Waals surface area contributed by atoms with Gasteiger partial charge in [-0.2, -0.15) is 0 Å². The molecular formula is C8H13ClN2O2. The monoisotopic (exact) mass is 204 g/mol. The molecule has 2 amide bonds. The molecule has 5 heteroatoms. The van der Waals surface area contributed by atoms with Gasteiger partial charge in [-0.3, -0.25) is 9.59 Å². The summed E-state index contributed by atoms with van der Waals surface area (Å²) in [6, 6.07) is -0.548. The minimum atomic E-state index is -0.548. The van der Waals surface area contributed by atoms with Crippen molar-refractivity contribution in [1.82, 2.24) is 10.6 Å². The van der Waals surface area contributed by atoms with Crippen LogP contribution in [0.1, 0.15) is 13.8 Å². The Balaban J connectivity index is 3.82. The van der Waals surface area contributed by atoms with Gasteiger partial charge in [-0.1, -0.05) is 18.2 Å². The van der Waals surface area contributed by atoms with E-state index in [2.05, 4.69) is 17.2 Å². The van der Waals surface area contributed by atoms with Crippen LogP contribution < -0.4 is 10.6 Å². The summed E-state index contributed by atoms with van der Waals surface area (Å²) in [6.45, 7) is 6.57. The first kappa shape index (κ1) is 12.0. The molecule has 0 rings (SSSR count). The number of hydrogen-bond acceptors (Lipinski definition) is 2. The molecule has 0 fully saturated rings. The Hall–Kier alpha value is -1.03. The number of hydrogen-bond donors (Lipinski definition) is 2. The maximum absolute atomic E-state index is 11.2. The molecular weight excluding hydrogens is 192 g/mol. The lowest BCUT2D eigenvalue weighted by atomic mass is 10.3. The van der Waals surface area contributed by atoms with Crippen LogP contribution in [-0.4, -0.2) is 24.4 Å². The van der Waals surface area contributed by atoms with Crippen molar-refractivity contribution in [3.05, 3.63) is 11.6 Å². The molecule has 0 aromatic rings. The highest BCUT2D eigenvalue weighted by atomic mass is 35.5. The molecule has 0 radical (unpaired) electrons. The largest absolute Gasteiger partial charge is 0.349 e. The zero-order valence-corrected chi connectivity index (χ0v) is 8.44. The zero-order chi connectivity index (χ0) is 10.4. The van der Waals surface area contributed by atoms with Gasteiger partial charge in [-0.15, -0.1) is 0 Å². The second-order valence-corrected chi connectivity index (χ2v) is 3.19. The van der Waals surface area contributed by atoms with Crippen LogP contribution in [0, 0.1) is 0 Å². The highest BCUT2D eigenvalue weighted by Crippen LogP contribution is 1.92. The van der Waals surface area contributed by atoms with Gasteiger partial charge >= 0.3 is 0 Å². The van der Waals surface area contributed by atoms with Gasteiger partial charge in [0.1, 0.15) is 6.04 Å². The van der Waals surface area contributed by atoms with Gasteiger partial charge in [0.2, 0.25) is 11.8 Å². The third-order valence-electron chi connectivity index (χ3n) is 1.27. The van der Waals surface area contributed by atoms with E-state index >= 15 is 0 Å². The quantitative estimate of drug-likeness (QED) is 0.696. The van der Waals surface area contributed by atoms with E-state index in [0.717, 1.165) is 0 Å². The minimum Gasteiger partial charge on any atom is -0.349 e. The van der Waals surface area contributed by atoms with Gasteiger partial charge in [0.25, 0.3) is 0 Å². The molecule has 0 heterocycles. The lowest BCUT2D eigenvalue weighted by Crippen LogP contribution is -2.44. The van der Waals surface area contributed by atoms with Gasteiger partial charge < -0.3 is 10.6 Å². The van der Waals surface area contributed by atoms with Crippen LogP contribution in [0.25, 0.3) is 0 Å². The highest BCUT2D eigenvalue weighted by molar-refractivity contribution is 6.29. The van der Waals surface area contributed by atoms with Gasteiger partial charge in [0, 0.05) is 12.0 Å². The standard InChI is InChI=1S/C8H13ClN2O2/c1-5(9)4-10-8(13)6(2)11-7(3)12/h6H,1,4H2,2-3H3,(H,10,13)(H,11,12). The van der Waals surface area contributed by atoms with Crippen LogP contribution in [0.15, 0.2) is 11.6 Å². The first-order valence-corrected chi connectivity index (χ1v) is 4.19. The Kier molecular flexibility index (Phi) is 5.14. The number of halogens is 1. The topological polar surface area (TPSA) is 58.2 Å². The van der Waals surface area contributed by atoms with Crippen LogP contribution in [0.2, 0.25) is 0 Å². The average Bonchev–Trinajstić information content (AvgIpc) is 1.98. The number of nitrogens with one attached hydrogen (secondary N) is 2. The van der Waals surface area contributed by atoms with Gasteiger partial charge in [0.05, 0.1) is 6.54 Å². The summed E-state index contributed by atoms with van der Waals surface area (Å²) in [5.74, 6) is -0.524. The Morgan fingerprint density at radius 2 is 2.08 bits per heavy atom. The molecule has 0 saturated carbocycles. The van der Waals surface area contributed by atoms with Crippen LogP contribution in [0.3, 0.4) is 0 Å². The Morgan fingerprint density at radius 1 is 1.54 bits per heavy atom. The molecule has 2 N–H and O–H groups in total. The van der Waals surface area contributed by atoms with Gasteiger partial charge in [0.15, 0.2) is 0 Å². The normalized spacial score (nSPS) is 11.6. The summed E-state index contributed by atoms with van der Waals surface area (Å²) in [5, 5.41) is 5.29. The molecule has 74 valence electrons. The lowest BCUT2D eigenvalue weighted by molar-refractivity contribution is -0.127. The summed E-state index contributed by atoms with van der Waals surface area (Å²) in [5.41, 5.74) is 0. The Labute approximate surface area is 82.3 Å². The maximum atomic E-state index is 11.2. The van der Waals surface area contributed by atoms with Crippen molar-refractivity contribution in [1.29, 1.82) is 0 Å². The van der Waals surface area contributed by atoms with Crippen molar-refractivity contribution in [3.63, 3.8) is 0 Å². The highest BCUT2D eigenvalue weighted by Gasteiger charge is 2.12. The number of amides is 2. The van der Waals surface area contributed by atoms with Crippen LogP contribution >= 0.6 is 11.6 Å². The Bertz CT molecular complexity index is 228. The van der Waals surface area contributed by atoms with Crippen LogP contribution in [-0.2, 0) is 9.59 Å². The van der Waals surface area contributed by atoms with E-state index < -0.39 is 6.04 Å². The summed E-state index contributed by atoms with van der Waals surface area (Å²) in [6.07, 6.45) is 0. The number of carbonyl (C=O) groups excluding carboxylic acids is 2. The van der Waals surface area contributed by atoms with Crippen LogP contribution in [0.4, 0.5) is 0 Å². The van der Waals surface area contributed by atoms with Gasteiger partial charge in [-0.05, 0) is 6.92 Å². The summed E-state index contributed by atoms with van der Waals surface area (Å²) in [7, 11) is 0. The molecule has 4 nitrogen and oxygen atoms in total. The molecule has 0 saturated heterocycles. The predicted molar refractivity (Wildman–Crippen MR) is 51.3 cm³/mol. The number of rotatable bonds is 4. The molecule has 0 aliphatic rings. The molecule has 0 aliphatic carbocycles. The zero-order valence-electron chi connectivity index (χ0n) is 7.69. The fourth-order valence-electron chi connectivity index (χ4n) is 0.707. The van der Waals surface area contributed by atoms with E-state index in [1.807, 2.05) is 0 Å². The summed E-state index contributed by atoms with van der Waals surface area (Å²) in [4.78, 5) is 21.7. The summed E-state index contributed by atoms with van der Waals surface area (Å²) < 4.78 is 0. The minimum absolute atomic E-state index is 0.213. The predicted octanol–water partition coefficient (Wildman–Crippen LogP) is 0.380. The second kappa shape index (κ2) is 5.59. The van der Waals surface area contributed by atoms with Crippen molar-refractivity contribution in [2.75, 3.05) is 6.54 Å². The smallest absolute Gasteiger partial charge is 0.242 e. The summed E-state index contributed by atoms with van der Waals surface area (Å²) >= 11 is 5.44. The van der Waals surface area contributed by atoms with E-state index in [1.54, 1.807) is 6.92 Å². The third kappa shape index (κ3) is 6.16. The Morgan fingerprint density at radius 3 is 2.46 bits per heavy atom. The fraction of sp³-hybridized carbons (Fsp3) is 0.500. The third-order valence-corrected chi connectivity index (χ3v) is 1.40. The van der Waals surface area contributed by atoms with Crippen molar-refractivity contribution >= 4 is 23.4 Å². The van der Waals surface area contributed by atoms with Crippen molar-refractivity contribution in [2.45, 2.75) is 19.9 Å². The van der Waals surface area contributed by atoms with E-state index in [-0.39, 0.29) is 18.4 Å². The first-order chi connectivity index (χ1) is 5.93. The SMILES string of the molecule is C=C(Cl)CNC(=O)C(C)NC(C)=O. The van der Waals surface area contributed by atoms with Crippen LogP contribution in [0.5, 0.6) is 0 Å². The van der Waals surface area contributed by atoms with E-state index in [9.17, 15) is 9.59 Å². The van der Waals surface area contributed by atoms with Gasteiger partial charge in [-0.25, -0.2) is 0 Å². The second-order valence-electron chi connectivity index (χ2n) is 2.66. The van der Waals surface area contributed by atoms with Crippen molar-refractivity contribution in [2.24, 2.45) is 0 Å². The maximum Gasteiger partial charge on any atom is 0.242 e. The van der Waals surface area contributed by atoms with E-state index in [1.165, 1.54) is 6.92 Å². The molecule has 0 bridgehead atoms. The number of carbonyl (C=O) groups is 2. The molecule has 1 atom stereocenters. The van der Waals surface area contributed by atoms with Crippen molar-refractivity contribution < 1.29 is 9.59 Å². The van der Waals surface area contributed by atoms with Crippen molar-refractivity contribution in [3.8, 4) is 0 Å².